The Labute approximate surface area is 190 Å². The van der Waals surface area contributed by atoms with E-state index in [-0.39, 0.29) is 5.56 Å². The molecule has 1 fully saturated rings. The molecular formula is C25H26F3N5. The van der Waals surface area contributed by atoms with Crippen LogP contribution in [0.2, 0.25) is 0 Å². The molecule has 1 aliphatic rings. The number of hydrogen-bond donors (Lipinski definition) is 0. The molecule has 0 spiro atoms. The molecule has 0 radical (unpaired) electrons. The van der Waals surface area contributed by atoms with Crippen LogP contribution >= 0.6 is 0 Å². The average Bonchev–Trinajstić information content (AvgIpc) is 3.56. The van der Waals surface area contributed by atoms with Gasteiger partial charge in [-0.2, -0.15) is 13.2 Å². The Morgan fingerprint density at radius 2 is 1.88 bits per heavy atom. The summed E-state index contributed by atoms with van der Waals surface area (Å²) in [4.78, 5) is 6.34. The predicted octanol–water partition coefficient (Wildman–Crippen LogP) is 6.16. The highest BCUT2D eigenvalue weighted by molar-refractivity contribution is 5.84. The molecule has 8 heteroatoms. The summed E-state index contributed by atoms with van der Waals surface area (Å²) in [6.45, 7) is 4.32. The Hall–Kier alpha value is -3.00. The topological polar surface area (TPSA) is 46.3 Å². The fourth-order valence-corrected chi connectivity index (χ4v) is 4.63. The van der Waals surface area contributed by atoms with Crippen molar-refractivity contribution in [3.8, 4) is 11.5 Å². The van der Waals surface area contributed by atoms with Crippen molar-refractivity contribution in [2.24, 2.45) is 0 Å². The first kappa shape index (κ1) is 21.8. The second kappa shape index (κ2) is 8.41. The number of alkyl halides is 3. The van der Waals surface area contributed by atoms with Crippen LogP contribution in [0.1, 0.15) is 56.2 Å². The molecule has 5 nitrogen and oxygen atoms in total. The summed E-state index contributed by atoms with van der Waals surface area (Å²) in [6, 6.07) is 11.4. The van der Waals surface area contributed by atoms with Gasteiger partial charge in [-0.15, -0.1) is 10.2 Å². The summed E-state index contributed by atoms with van der Waals surface area (Å²) in [6.07, 6.45) is 0.0810. The maximum Gasteiger partial charge on any atom is 0.408 e. The zero-order valence-corrected chi connectivity index (χ0v) is 18.7. The highest BCUT2D eigenvalue weighted by Gasteiger charge is 2.44. The number of nitrogens with zero attached hydrogens (tertiary/aromatic N) is 5. The average molecular weight is 454 g/mol. The summed E-state index contributed by atoms with van der Waals surface area (Å²) in [5, 5.41) is 9.52. The number of para-hydroxylation sites is 1. The van der Waals surface area contributed by atoms with E-state index in [0.717, 1.165) is 23.7 Å². The van der Waals surface area contributed by atoms with Gasteiger partial charge in [-0.25, -0.2) is 4.98 Å². The smallest absolute Gasteiger partial charge is 0.289 e. The Bertz CT molecular complexity index is 1290. The zero-order valence-electron chi connectivity index (χ0n) is 18.7. The lowest BCUT2D eigenvalue weighted by Gasteiger charge is -2.32. The molecule has 1 aliphatic carbocycles. The van der Waals surface area contributed by atoms with E-state index in [9.17, 15) is 13.2 Å². The van der Waals surface area contributed by atoms with Gasteiger partial charge in [-0.05, 0) is 61.5 Å². The first-order valence-electron chi connectivity index (χ1n) is 11.5. The van der Waals surface area contributed by atoms with Gasteiger partial charge in [0, 0.05) is 11.6 Å². The lowest BCUT2D eigenvalue weighted by molar-refractivity contribution is -0.186. The highest BCUT2D eigenvalue weighted by atomic mass is 19.4. The van der Waals surface area contributed by atoms with E-state index in [1.54, 1.807) is 17.4 Å². The van der Waals surface area contributed by atoms with Gasteiger partial charge in [0.1, 0.15) is 11.7 Å². The van der Waals surface area contributed by atoms with Crippen LogP contribution in [0.5, 0.6) is 0 Å². The van der Waals surface area contributed by atoms with Gasteiger partial charge in [-0.1, -0.05) is 44.2 Å². The molecule has 3 heterocycles. The second-order valence-corrected chi connectivity index (χ2v) is 8.68. The monoisotopic (exact) mass is 453 g/mol. The highest BCUT2D eigenvalue weighted by Crippen LogP contribution is 2.43. The number of pyridine rings is 2. The molecule has 4 aromatic rings. The first-order chi connectivity index (χ1) is 15.9. The van der Waals surface area contributed by atoms with Crippen molar-refractivity contribution in [3.05, 3.63) is 59.8 Å². The number of rotatable bonds is 7. The van der Waals surface area contributed by atoms with Gasteiger partial charge in [-0.3, -0.25) is 9.30 Å². The molecule has 0 aliphatic heterocycles. The van der Waals surface area contributed by atoms with Gasteiger partial charge in [0.2, 0.25) is 0 Å². The van der Waals surface area contributed by atoms with Crippen molar-refractivity contribution in [1.82, 2.24) is 24.5 Å². The lowest BCUT2D eigenvalue weighted by atomic mass is 10.1. The molecule has 0 amide bonds. The molecule has 1 unspecified atom stereocenters. The minimum absolute atomic E-state index is 0.172. The quantitative estimate of drug-likeness (QED) is 0.336. The molecule has 1 aromatic carbocycles. The first-order valence-corrected chi connectivity index (χ1v) is 11.5. The van der Waals surface area contributed by atoms with E-state index in [2.05, 4.69) is 16.3 Å². The fourth-order valence-electron chi connectivity index (χ4n) is 4.63. The largest absolute Gasteiger partial charge is 0.408 e. The molecular weight excluding hydrogens is 427 g/mol. The maximum absolute atomic E-state index is 14.1. The normalized spacial score (nSPS) is 15.6. The van der Waals surface area contributed by atoms with E-state index < -0.39 is 12.2 Å². The third kappa shape index (κ3) is 4.08. The number of hydrogen-bond acceptors (Lipinski definition) is 4. The molecule has 0 bridgehead atoms. The Balaban J connectivity index is 1.62. The van der Waals surface area contributed by atoms with E-state index in [1.165, 1.54) is 22.7 Å². The van der Waals surface area contributed by atoms with Crippen LogP contribution in [0, 0.1) is 0 Å². The Morgan fingerprint density at radius 1 is 1.06 bits per heavy atom. The van der Waals surface area contributed by atoms with E-state index in [0.29, 0.717) is 42.6 Å². The summed E-state index contributed by atoms with van der Waals surface area (Å²) in [5.41, 5.74) is 3.42. The molecule has 0 saturated heterocycles. The van der Waals surface area contributed by atoms with Gasteiger partial charge >= 0.3 is 6.18 Å². The van der Waals surface area contributed by atoms with Crippen molar-refractivity contribution >= 4 is 16.6 Å². The van der Waals surface area contributed by atoms with Crippen LogP contribution in [0.4, 0.5) is 13.2 Å². The summed E-state index contributed by atoms with van der Waals surface area (Å²) < 4.78 is 44.0. The minimum Gasteiger partial charge on any atom is -0.289 e. The van der Waals surface area contributed by atoms with E-state index in [4.69, 9.17) is 4.98 Å². The number of benzene rings is 1. The van der Waals surface area contributed by atoms with Crippen LogP contribution in [0.3, 0.4) is 0 Å². The molecule has 1 atom stereocenters. The lowest BCUT2D eigenvalue weighted by Crippen LogP contribution is -2.39. The summed E-state index contributed by atoms with van der Waals surface area (Å²) in [5.74, 6) is 0.975. The van der Waals surface area contributed by atoms with Crippen molar-refractivity contribution in [1.29, 1.82) is 0 Å². The standard InChI is InChI=1S/C25H26F3N5/c1-3-14-32(4-2)23(25(26,27)28)18-11-13-21-30-31-24(33(21)15-18)20-12-10-17-6-5-7-19(16-8-9-16)22(17)29-20/h5-7,10-13,15-16,23H,3-4,8-9,14H2,1-2H3. The molecule has 33 heavy (non-hydrogen) atoms. The second-order valence-electron chi connectivity index (χ2n) is 8.68. The van der Waals surface area contributed by atoms with Crippen molar-refractivity contribution in [2.45, 2.75) is 51.2 Å². The third-order valence-corrected chi connectivity index (χ3v) is 6.33. The molecule has 172 valence electrons. The minimum atomic E-state index is -4.40. The van der Waals surface area contributed by atoms with Gasteiger partial charge in [0.15, 0.2) is 11.5 Å². The molecule has 3 aromatic heterocycles. The van der Waals surface area contributed by atoms with Crippen molar-refractivity contribution in [3.63, 3.8) is 0 Å². The number of fused-ring (bicyclic) bond motifs is 2. The number of halogens is 3. The predicted molar refractivity (Wildman–Crippen MR) is 122 cm³/mol. The van der Waals surface area contributed by atoms with Crippen LogP contribution in [0.15, 0.2) is 48.7 Å². The molecule has 1 saturated carbocycles. The Morgan fingerprint density at radius 3 is 2.58 bits per heavy atom. The molecule has 0 N–H and O–H groups in total. The van der Waals surface area contributed by atoms with Crippen molar-refractivity contribution < 1.29 is 13.2 Å². The Kier molecular flexibility index (Phi) is 5.56. The van der Waals surface area contributed by atoms with Crippen LogP contribution in [-0.4, -0.2) is 43.7 Å². The van der Waals surface area contributed by atoms with Gasteiger partial charge < -0.3 is 0 Å². The number of aromatic nitrogens is 4. The SMILES string of the molecule is CCCN(CC)C(c1ccc2nnc(-c3ccc4cccc(C5CC5)c4n3)n2c1)C(F)(F)F. The van der Waals surface area contributed by atoms with E-state index >= 15 is 0 Å². The van der Waals surface area contributed by atoms with Crippen LogP contribution in [0.25, 0.3) is 28.1 Å². The summed E-state index contributed by atoms with van der Waals surface area (Å²) in [7, 11) is 0. The zero-order chi connectivity index (χ0) is 23.2. The van der Waals surface area contributed by atoms with Crippen LogP contribution < -0.4 is 0 Å². The van der Waals surface area contributed by atoms with Gasteiger partial charge in [0.25, 0.3) is 0 Å². The van der Waals surface area contributed by atoms with Crippen molar-refractivity contribution in [2.75, 3.05) is 13.1 Å². The summed E-state index contributed by atoms with van der Waals surface area (Å²) >= 11 is 0. The third-order valence-electron chi connectivity index (χ3n) is 6.33. The van der Waals surface area contributed by atoms with Gasteiger partial charge in [0.05, 0.1) is 5.52 Å². The fraction of sp³-hybridized carbons (Fsp3) is 0.400. The van der Waals surface area contributed by atoms with Crippen LogP contribution in [-0.2, 0) is 0 Å². The maximum atomic E-state index is 14.1. The molecule has 5 rings (SSSR count). The van der Waals surface area contributed by atoms with E-state index in [1.807, 2.05) is 31.2 Å².